The van der Waals surface area contributed by atoms with Gasteiger partial charge in [0.25, 0.3) is 11.8 Å². The third-order valence-electron chi connectivity index (χ3n) is 3.55. The van der Waals surface area contributed by atoms with E-state index in [0.717, 1.165) is 0 Å². The number of carbonyl (C=O) groups excluding carboxylic acids is 2. The van der Waals surface area contributed by atoms with E-state index < -0.39 is 11.8 Å². The highest BCUT2D eigenvalue weighted by atomic mass is 16.5. The summed E-state index contributed by atoms with van der Waals surface area (Å²) in [5, 5.41) is 18.1. The second-order valence-electron chi connectivity index (χ2n) is 5.47. The summed E-state index contributed by atoms with van der Waals surface area (Å²) in [5.74, 6) is 0.0416. The zero-order valence-corrected chi connectivity index (χ0v) is 13.8. The molecular formula is C19H14N4O3. The van der Waals surface area contributed by atoms with Crippen molar-refractivity contribution >= 4 is 23.3 Å². The number of rotatable bonds is 4. The molecule has 2 N–H and O–H groups in total. The van der Waals surface area contributed by atoms with Crippen molar-refractivity contribution in [1.82, 2.24) is 5.16 Å². The summed E-state index contributed by atoms with van der Waals surface area (Å²) in [6, 6.07) is 16.5. The number of carbonyl (C=O) groups is 2. The van der Waals surface area contributed by atoms with Crippen LogP contribution in [0.2, 0.25) is 0 Å². The molecule has 2 aromatic carbocycles. The Morgan fingerprint density at radius 3 is 2.35 bits per heavy atom. The van der Waals surface area contributed by atoms with Crippen LogP contribution in [0.1, 0.15) is 32.0 Å². The van der Waals surface area contributed by atoms with Gasteiger partial charge in [-0.3, -0.25) is 9.59 Å². The van der Waals surface area contributed by atoms with Crippen molar-refractivity contribution in [2.24, 2.45) is 0 Å². The predicted molar refractivity (Wildman–Crippen MR) is 94.7 cm³/mol. The summed E-state index contributed by atoms with van der Waals surface area (Å²) in [7, 11) is 0. The molecule has 0 aliphatic rings. The number of nitrogens with zero attached hydrogens (tertiary/aromatic N) is 2. The number of benzene rings is 2. The van der Waals surface area contributed by atoms with Crippen LogP contribution in [-0.4, -0.2) is 17.0 Å². The van der Waals surface area contributed by atoms with Crippen molar-refractivity contribution < 1.29 is 14.1 Å². The fourth-order valence-electron chi connectivity index (χ4n) is 2.30. The largest absolute Gasteiger partial charge is 0.360 e. The predicted octanol–water partition coefficient (Wildman–Crippen LogP) is 3.36. The molecule has 0 aliphatic heterocycles. The van der Waals surface area contributed by atoms with Crippen molar-refractivity contribution in [2.75, 3.05) is 10.6 Å². The van der Waals surface area contributed by atoms with Crippen molar-refractivity contribution in [3.05, 3.63) is 77.0 Å². The quantitative estimate of drug-likeness (QED) is 0.753. The van der Waals surface area contributed by atoms with Crippen LogP contribution in [-0.2, 0) is 0 Å². The van der Waals surface area contributed by atoms with E-state index in [9.17, 15) is 9.59 Å². The van der Waals surface area contributed by atoms with Crippen LogP contribution in [0.4, 0.5) is 11.5 Å². The van der Waals surface area contributed by atoms with Crippen molar-refractivity contribution in [3.8, 4) is 6.07 Å². The van der Waals surface area contributed by atoms with E-state index in [-0.39, 0.29) is 0 Å². The number of aryl methyl sites for hydroxylation is 1. The van der Waals surface area contributed by atoms with Gasteiger partial charge in [-0.25, -0.2) is 0 Å². The average molecular weight is 346 g/mol. The molecule has 0 aliphatic carbocycles. The number of hydrogen-bond acceptors (Lipinski definition) is 5. The molecule has 7 nitrogen and oxygen atoms in total. The van der Waals surface area contributed by atoms with Crippen LogP contribution in [0.15, 0.2) is 59.1 Å². The SMILES string of the molecule is Cc1cc(NC(=O)c2cccc(C(=O)Nc3ccccc3C#N)c2)no1. The third-order valence-corrected chi connectivity index (χ3v) is 3.55. The lowest BCUT2D eigenvalue weighted by atomic mass is 10.1. The summed E-state index contributed by atoms with van der Waals surface area (Å²) in [6.45, 7) is 1.71. The number of aromatic nitrogens is 1. The Hall–Kier alpha value is -3.92. The highest BCUT2D eigenvalue weighted by Gasteiger charge is 2.13. The molecule has 0 radical (unpaired) electrons. The Morgan fingerprint density at radius 1 is 1.00 bits per heavy atom. The maximum absolute atomic E-state index is 12.4. The summed E-state index contributed by atoms with van der Waals surface area (Å²) in [4.78, 5) is 24.7. The number of nitrogens with one attached hydrogen (secondary N) is 2. The minimum Gasteiger partial charge on any atom is -0.360 e. The lowest BCUT2D eigenvalue weighted by Crippen LogP contribution is -2.16. The van der Waals surface area contributed by atoms with Crippen LogP contribution in [0.3, 0.4) is 0 Å². The summed E-state index contributed by atoms with van der Waals surface area (Å²) >= 11 is 0. The molecule has 0 fully saturated rings. The van der Waals surface area contributed by atoms with Crippen LogP contribution < -0.4 is 10.6 Å². The van der Waals surface area contributed by atoms with Crippen LogP contribution >= 0.6 is 0 Å². The first-order valence-corrected chi connectivity index (χ1v) is 7.72. The molecule has 0 bridgehead atoms. The van der Waals surface area contributed by atoms with Gasteiger partial charge in [-0.15, -0.1) is 0 Å². The van der Waals surface area contributed by atoms with E-state index in [1.54, 1.807) is 55.5 Å². The van der Waals surface area contributed by atoms with E-state index in [2.05, 4.69) is 15.8 Å². The second-order valence-corrected chi connectivity index (χ2v) is 5.47. The minimum absolute atomic E-state index is 0.293. The van der Waals surface area contributed by atoms with Crippen molar-refractivity contribution in [2.45, 2.75) is 6.92 Å². The highest BCUT2D eigenvalue weighted by molar-refractivity contribution is 6.08. The maximum Gasteiger partial charge on any atom is 0.256 e. The average Bonchev–Trinajstić information content (AvgIpc) is 3.07. The van der Waals surface area contributed by atoms with E-state index in [1.807, 2.05) is 6.07 Å². The van der Waals surface area contributed by atoms with E-state index in [4.69, 9.17) is 9.78 Å². The normalized spacial score (nSPS) is 10.0. The standard InChI is InChI=1S/C19H14N4O3/c1-12-9-17(23-26-12)22-19(25)14-7-4-6-13(10-14)18(24)21-16-8-3-2-5-15(16)11-20/h2-10H,1H3,(H,21,24)(H,22,23,25). The van der Waals surface area contributed by atoms with E-state index in [0.29, 0.717) is 34.0 Å². The first-order valence-electron chi connectivity index (χ1n) is 7.72. The molecule has 3 aromatic rings. The van der Waals surface area contributed by atoms with Gasteiger partial charge in [0, 0.05) is 17.2 Å². The maximum atomic E-state index is 12.4. The first-order chi connectivity index (χ1) is 12.6. The zero-order chi connectivity index (χ0) is 18.5. The molecule has 3 rings (SSSR count). The zero-order valence-electron chi connectivity index (χ0n) is 13.8. The molecule has 0 spiro atoms. The monoisotopic (exact) mass is 346 g/mol. The van der Waals surface area contributed by atoms with Gasteiger partial charge in [-0.2, -0.15) is 5.26 Å². The fourth-order valence-corrected chi connectivity index (χ4v) is 2.30. The van der Waals surface area contributed by atoms with Gasteiger partial charge < -0.3 is 15.2 Å². The molecule has 2 amide bonds. The highest BCUT2D eigenvalue weighted by Crippen LogP contribution is 2.16. The lowest BCUT2D eigenvalue weighted by molar-refractivity contribution is 0.102. The lowest BCUT2D eigenvalue weighted by Gasteiger charge is -2.08. The molecule has 26 heavy (non-hydrogen) atoms. The van der Waals surface area contributed by atoms with Gasteiger partial charge >= 0.3 is 0 Å². The van der Waals surface area contributed by atoms with Crippen LogP contribution in [0.25, 0.3) is 0 Å². The molecule has 0 saturated carbocycles. The minimum atomic E-state index is -0.417. The fraction of sp³-hybridized carbons (Fsp3) is 0.0526. The van der Waals surface area contributed by atoms with Gasteiger partial charge in [0.05, 0.1) is 11.3 Å². The second kappa shape index (κ2) is 7.32. The van der Waals surface area contributed by atoms with E-state index >= 15 is 0 Å². The van der Waals surface area contributed by atoms with Gasteiger partial charge in [0.15, 0.2) is 5.82 Å². The molecule has 128 valence electrons. The number of anilines is 2. The Bertz CT molecular complexity index is 1020. The van der Waals surface area contributed by atoms with Crippen LogP contribution in [0.5, 0.6) is 0 Å². The Labute approximate surface area is 149 Å². The smallest absolute Gasteiger partial charge is 0.256 e. The molecule has 1 aromatic heterocycles. The van der Waals surface area contributed by atoms with Crippen molar-refractivity contribution in [1.29, 1.82) is 5.26 Å². The molecule has 1 heterocycles. The Morgan fingerprint density at radius 2 is 1.69 bits per heavy atom. The summed E-state index contributed by atoms with van der Waals surface area (Å²) < 4.78 is 4.90. The molecular weight excluding hydrogens is 332 g/mol. The van der Waals surface area contributed by atoms with E-state index in [1.165, 1.54) is 6.07 Å². The third kappa shape index (κ3) is 3.76. The first kappa shape index (κ1) is 16.9. The molecule has 0 atom stereocenters. The summed E-state index contributed by atoms with van der Waals surface area (Å²) in [5.41, 5.74) is 1.36. The molecule has 0 saturated heterocycles. The van der Waals surface area contributed by atoms with Gasteiger partial charge in [0.2, 0.25) is 0 Å². The number of amides is 2. The topological polar surface area (TPSA) is 108 Å². The van der Waals surface area contributed by atoms with Crippen molar-refractivity contribution in [3.63, 3.8) is 0 Å². The van der Waals surface area contributed by atoms with Gasteiger partial charge in [-0.05, 0) is 37.3 Å². The number of hydrogen-bond donors (Lipinski definition) is 2. The van der Waals surface area contributed by atoms with Gasteiger partial charge in [0.1, 0.15) is 11.8 Å². The Balaban J connectivity index is 1.77. The van der Waals surface area contributed by atoms with Crippen LogP contribution in [0, 0.1) is 18.3 Å². The summed E-state index contributed by atoms with van der Waals surface area (Å²) in [6.07, 6.45) is 0. The number of nitriles is 1. The Kier molecular flexibility index (Phi) is 4.76. The molecule has 7 heteroatoms. The number of para-hydroxylation sites is 1. The molecule has 0 unspecified atom stereocenters. The van der Waals surface area contributed by atoms with Gasteiger partial charge in [-0.1, -0.05) is 23.4 Å².